The second kappa shape index (κ2) is 4.32. The minimum atomic E-state index is 0.889. The quantitative estimate of drug-likeness (QED) is 0.537. The van der Waals surface area contributed by atoms with Crippen LogP contribution in [0.4, 0.5) is 0 Å². The SMILES string of the molecule is C#CCCN1CCNCC1. The normalized spacial score (nSPS) is 20.3. The molecule has 0 aromatic heterocycles. The van der Waals surface area contributed by atoms with Gasteiger partial charge in [0, 0.05) is 39.1 Å². The molecule has 1 aliphatic rings. The fourth-order valence-electron chi connectivity index (χ4n) is 1.16. The first-order chi connectivity index (χ1) is 4.93. The number of piperazine rings is 1. The Kier molecular flexibility index (Phi) is 3.28. The Morgan fingerprint density at radius 1 is 1.40 bits per heavy atom. The van der Waals surface area contributed by atoms with E-state index in [0.29, 0.717) is 0 Å². The van der Waals surface area contributed by atoms with E-state index in [0.717, 1.165) is 39.1 Å². The largest absolute Gasteiger partial charge is 0.314 e. The van der Waals surface area contributed by atoms with Crippen LogP contribution in [-0.4, -0.2) is 37.6 Å². The first-order valence-corrected chi connectivity index (χ1v) is 3.80. The van der Waals surface area contributed by atoms with Crippen molar-refractivity contribution in [2.24, 2.45) is 0 Å². The molecule has 0 saturated carbocycles. The number of hydrogen-bond donors (Lipinski definition) is 1. The van der Waals surface area contributed by atoms with Gasteiger partial charge in [0.25, 0.3) is 0 Å². The van der Waals surface area contributed by atoms with Gasteiger partial charge in [0.2, 0.25) is 0 Å². The van der Waals surface area contributed by atoms with E-state index in [1.54, 1.807) is 0 Å². The second-order valence-electron chi connectivity index (χ2n) is 2.55. The molecule has 0 radical (unpaired) electrons. The zero-order valence-electron chi connectivity index (χ0n) is 6.27. The van der Waals surface area contributed by atoms with Gasteiger partial charge >= 0.3 is 0 Å². The molecule has 0 atom stereocenters. The van der Waals surface area contributed by atoms with Crippen LogP contribution in [0.15, 0.2) is 0 Å². The lowest BCUT2D eigenvalue weighted by atomic mass is 10.3. The lowest BCUT2D eigenvalue weighted by Crippen LogP contribution is -2.43. The molecular formula is C8H14N2. The monoisotopic (exact) mass is 138 g/mol. The van der Waals surface area contributed by atoms with Crippen LogP contribution in [0.5, 0.6) is 0 Å². The van der Waals surface area contributed by atoms with Crippen molar-refractivity contribution >= 4 is 0 Å². The molecule has 1 heterocycles. The van der Waals surface area contributed by atoms with Crippen LogP contribution >= 0.6 is 0 Å². The first-order valence-electron chi connectivity index (χ1n) is 3.80. The van der Waals surface area contributed by atoms with E-state index in [4.69, 9.17) is 6.42 Å². The van der Waals surface area contributed by atoms with Gasteiger partial charge in [0.05, 0.1) is 0 Å². The molecule has 1 aliphatic heterocycles. The summed E-state index contributed by atoms with van der Waals surface area (Å²) < 4.78 is 0. The van der Waals surface area contributed by atoms with Crippen molar-refractivity contribution in [3.05, 3.63) is 0 Å². The molecule has 1 saturated heterocycles. The van der Waals surface area contributed by atoms with Gasteiger partial charge in [-0.2, -0.15) is 0 Å². The Morgan fingerprint density at radius 2 is 2.10 bits per heavy atom. The predicted molar refractivity (Wildman–Crippen MR) is 42.8 cm³/mol. The fraction of sp³-hybridized carbons (Fsp3) is 0.750. The summed E-state index contributed by atoms with van der Waals surface area (Å²) in [5.74, 6) is 2.65. The third kappa shape index (κ3) is 2.38. The van der Waals surface area contributed by atoms with E-state index in [1.807, 2.05) is 0 Å². The number of terminal acetylenes is 1. The van der Waals surface area contributed by atoms with Crippen molar-refractivity contribution in [2.45, 2.75) is 6.42 Å². The second-order valence-corrected chi connectivity index (χ2v) is 2.55. The fourth-order valence-corrected chi connectivity index (χ4v) is 1.16. The topological polar surface area (TPSA) is 15.3 Å². The number of rotatable bonds is 2. The van der Waals surface area contributed by atoms with Crippen LogP contribution in [0.1, 0.15) is 6.42 Å². The summed E-state index contributed by atoms with van der Waals surface area (Å²) in [7, 11) is 0. The van der Waals surface area contributed by atoms with Gasteiger partial charge < -0.3 is 5.32 Å². The molecule has 0 unspecified atom stereocenters. The maximum absolute atomic E-state index is 5.15. The molecule has 1 rings (SSSR count). The average molecular weight is 138 g/mol. The van der Waals surface area contributed by atoms with E-state index < -0.39 is 0 Å². The lowest BCUT2D eigenvalue weighted by Gasteiger charge is -2.26. The molecular weight excluding hydrogens is 124 g/mol. The van der Waals surface area contributed by atoms with E-state index in [-0.39, 0.29) is 0 Å². The highest BCUT2D eigenvalue weighted by Crippen LogP contribution is 1.92. The van der Waals surface area contributed by atoms with Crippen molar-refractivity contribution in [1.82, 2.24) is 10.2 Å². The molecule has 0 aromatic carbocycles. The summed E-state index contributed by atoms with van der Waals surface area (Å²) in [4.78, 5) is 2.40. The van der Waals surface area contributed by atoms with Gasteiger partial charge in [0.1, 0.15) is 0 Å². The maximum atomic E-state index is 5.15. The number of nitrogens with one attached hydrogen (secondary N) is 1. The molecule has 0 amide bonds. The summed E-state index contributed by atoms with van der Waals surface area (Å²) in [6.07, 6.45) is 6.04. The summed E-state index contributed by atoms with van der Waals surface area (Å²) in [6, 6.07) is 0. The zero-order chi connectivity index (χ0) is 7.23. The van der Waals surface area contributed by atoms with Crippen LogP contribution in [0.25, 0.3) is 0 Å². The minimum absolute atomic E-state index is 0.889. The van der Waals surface area contributed by atoms with Gasteiger partial charge in [-0.3, -0.25) is 4.90 Å². The highest BCUT2D eigenvalue weighted by molar-refractivity contribution is 4.85. The summed E-state index contributed by atoms with van der Waals surface area (Å²) in [6.45, 7) is 5.61. The molecule has 10 heavy (non-hydrogen) atoms. The van der Waals surface area contributed by atoms with Gasteiger partial charge in [-0.05, 0) is 0 Å². The van der Waals surface area contributed by atoms with Crippen LogP contribution < -0.4 is 5.32 Å². The number of hydrogen-bond acceptors (Lipinski definition) is 2. The van der Waals surface area contributed by atoms with Gasteiger partial charge in [0.15, 0.2) is 0 Å². The zero-order valence-corrected chi connectivity index (χ0v) is 6.27. The smallest absolute Gasteiger partial charge is 0.0214 e. The van der Waals surface area contributed by atoms with E-state index in [9.17, 15) is 0 Å². The summed E-state index contributed by atoms with van der Waals surface area (Å²) >= 11 is 0. The first kappa shape index (κ1) is 7.59. The highest BCUT2D eigenvalue weighted by atomic mass is 15.2. The average Bonchev–Trinajstić information content (AvgIpc) is 2.03. The third-order valence-electron chi connectivity index (χ3n) is 1.78. The van der Waals surface area contributed by atoms with Gasteiger partial charge in [-0.1, -0.05) is 0 Å². The minimum Gasteiger partial charge on any atom is -0.314 e. The molecule has 2 nitrogen and oxygen atoms in total. The van der Waals surface area contributed by atoms with Crippen LogP contribution in [0, 0.1) is 12.3 Å². The Morgan fingerprint density at radius 3 is 2.70 bits per heavy atom. The van der Waals surface area contributed by atoms with E-state index >= 15 is 0 Å². The van der Waals surface area contributed by atoms with Crippen molar-refractivity contribution < 1.29 is 0 Å². The molecule has 1 fully saturated rings. The highest BCUT2D eigenvalue weighted by Gasteiger charge is 2.06. The molecule has 0 aromatic rings. The van der Waals surface area contributed by atoms with Crippen molar-refractivity contribution in [1.29, 1.82) is 0 Å². The Hall–Kier alpha value is -0.520. The maximum Gasteiger partial charge on any atom is 0.0214 e. The molecule has 0 aliphatic carbocycles. The number of nitrogens with zero attached hydrogens (tertiary/aromatic N) is 1. The van der Waals surface area contributed by atoms with Crippen LogP contribution in [-0.2, 0) is 0 Å². The summed E-state index contributed by atoms with van der Waals surface area (Å²) in [5.41, 5.74) is 0. The van der Waals surface area contributed by atoms with Gasteiger partial charge in [-0.25, -0.2) is 0 Å². The van der Waals surface area contributed by atoms with E-state index in [1.165, 1.54) is 0 Å². The standard InChI is InChI=1S/C8H14N2/c1-2-3-6-10-7-4-9-5-8-10/h1,9H,3-8H2. The third-order valence-corrected chi connectivity index (χ3v) is 1.78. The molecule has 56 valence electrons. The van der Waals surface area contributed by atoms with Crippen LogP contribution in [0.2, 0.25) is 0 Å². The van der Waals surface area contributed by atoms with Crippen molar-refractivity contribution in [2.75, 3.05) is 32.7 Å². The Balaban J connectivity index is 2.09. The summed E-state index contributed by atoms with van der Waals surface area (Å²) in [5, 5.41) is 3.30. The lowest BCUT2D eigenvalue weighted by molar-refractivity contribution is 0.246. The predicted octanol–water partition coefficient (Wildman–Crippen LogP) is -0.0851. The molecule has 0 spiro atoms. The molecule has 0 bridgehead atoms. The molecule has 1 N–H and O–H groups in total. The van der Waals surface area contributed by atoms with Crippen LogP contribution in [0.3, 0.4) is 0 Å². The molecule has 2 heteroatoms. The van der Waals surface area contributed by atoms with Crippen molar-refractivity contribution in [3.8, 4) is 12.3 Å². The van der Waals surface area contributed by atoms with Gasteiger partial charge in [-0.15, -0.1) is 12.3 Å². The van der Waals surface area contributed by atoms with E-state index in [2.05, 4.69) is 16.1 Å². The Bertz CT molecular complexity index is 120. The van der Waals surface area contributed by atoms with Crippen molar-refractivity contribution in [3.63, 3.8) is 0 Å². The Labute approximate surface area is 62.6 Å².